The van der Waals surface area contributed by atoms with Crippen LogP contribution in [0.5, 0.6) is 5.75 Å². The van der Waals surface area contributed by atoms with Crippen molar-refractivity contribution < 1.29 is 14.3 Å². The SMILES string of the molecule is C[C@H]1CN(C(=O)NCCCOc2ccccc2)C[C@@H]1N1CCOCC1. The van der Waals surface area contributed by atoms with Crippen LogP contribution < -0.4 is 10.1 Å². The summed E-state index contributed by atoms with van der Waals surface area (Å²) < 4.78 is 11.1. The van der Waals surface area contributed by atoms with Crippen LogP contribution in [0.4, 0.5) is 4.79 Å². The molecule has 3 rings (SSSR count). The highest BCUT2D eigenvalue weighted by Crippen LogP contribution is 2.22. The van der Waals surface area contributed by atoms with E-state index in [2.05, 4.69) is 17.1 Å². The second-order valence-corrected chi connectivity index (χ2v) is 6.84. The Kier molecular flexibility index (Phi) is 6.53. The second kappa shape index (κ2) is 9.06. The molecule has 0 radical (unpaired) electrons. The largest absolute Gasteiger partial charge is 0.494 e. The fourth-order valence-corrected chi connectivity index (χ4v) is 3.59. The fourth-order valence-electron chi connectivity index (χ4n) is 3.59. The van der Waals surface area contributed by atoms with Gasteiger partial charge in [0.15, 0.2) is 0 Å². The van der Waals surface area contributed by atoms with Crippen molar-refractivity contribution in [2.24, 2.45) is 5.92 Å². The molecule has 138 valence electrons. The van der Waals surface area contributed by atoms with Crippen molar-refractivity contribution in [3.05, 3.63) is 30.3 Å². The van der Waals surface area contributed by atoms with Crippen molar-refractivity contribution in [2.45, 2.75) is 19.4 Å². The van der Waals surface area contributed by atoms with E-state index in [0.29, 0.717) is 25.1 Å². The maximum Gasteiger partial charge on any atom is 0.317 e. The van der Waals surface area contributed by atoms with E-state index in [4.69, 9.17) is 9.47 Å². The van der Waals surface area contributed by atoms with Crippen molar-refractivity contribution in [3.63, 3.8) is 0 Å². The third-order valence-electron chi connectivity index (χ3n) is 4.98. The van der Waals surface area contributed by atoms with Gasteiger partial charge in [0, 0.05) is 38.8 Å². The van der Waals surface area contributed by atoms with E-state index in [1.165, 1.54) is 0 Å². The van der Waals surface area contributed by atoms with Crippen LogP contribution in [0, 0.1) is 5.92 Å². The van der Waals surface area contributed by atoms with Gasteiger partial charge in [-0.05, 0) is 24.5 Å². The van der Waals surface area contributed by atoms with Crippen LogP contribution in [0.1, 0.15) is 13.3 Å². The van der Waals surface area contributed by atoms with Gasteiger partial charge >= 0.3 is 6.03 Å². The molecule has 0 bridgehead atoms. The summed E-state index contributed by atoms with van der Waals surface area (Å²) in [4.78, 5) is 16.8. The molecule has 2 aliphatic heterocycles. The van der Waals surface area contributed by atoms with Crippen molar-refractivity contribution >= 4 is 6.03 Å². The normalized spacial score (nSPS) is 24.3. The zero-order valence-electron chi connectivity index (χ0n) is 15.0. The lowest BCUT2D eigenvalue weighted by Crippen LogP contribution is -2.47. The Morgan fingerprint density at radius 3 is 2.76 bits per heavy atom. The molecule has 6 nitrogen and oxygen atoms in total. The topological polar surface area (TPSA) is 54.0 Å². The molecule has 2 saturated heterocycles. The Hall–Kier alpha value is -1.79. The summed E-state index contributed by atoms with van der Waals surface area (Å²) in [5, 5.41) is 3.02. The third-order valence-corrected chi connectivity index (χ3v) is 4.98. The molecule has 0 spiro atoms. The van der Waals surface area contributed by atoms with Gasteiger partial charge in [0.05, 0.1) is 19.8 Å². The first-order valence-electron chi connectivity index (χ1n) is 9.26. The number of morpholine rings is 1. The fraction of sp³-hybridized carbons (Fsp3) is 0.632. The van der Waals surface area contributed by atoms with E-state index in [9.17, 15) is 4.79 Å². The molecule has 6 heteroatoms. The van der Waals surface area contributed by atoms with Gasteiger partial charge < -0.3 is 19.7 Å². The first-order valence-corrected chi connectivity index (χ1v) is 9.26. The van der Waals surface area contributed by atoms with E-state index in [0.717, 1.165) is 51.6 Å². The number of hydrogen-bond donors (Lipinski definition) is 1. The lowest BCUT2D eigenvalue weighted by molar-refractivity contribution is 0.0123. The molecule has 1 aromatic carbocycles. The lowest BCUT2D eigenvalue weighted by Gasteiger charge is -2.33. The predicted octanol–water partition coefficient (Wildman–Crippen LogP) is 1.82. The van der Waals surface area contributed by atoms with E-state index in [1.54, 1.807) is 0 Å². The number of hydrogen-bond acceptors (Lipinski definition) is 4. The highest BCUT2D eigenvalue weighted by molar-refractivity contribution is 5.74. The number of urea groups is 1. The number of para-hydroxylation sites is 1. The molecule has 0 saturated carbocycles. The van der Waals surface area contributed by atoms with Crippen LogP contribution in [-0.2, 0) is 4.74 Å². The molecule has 2 atom stereocenters. The van der Waals surface area contributed by atoms with Crippen LogP contribution in [0.2, 0.25) is 0 Å². The zero-order chi connectivity index (χ0) is 17.5. The quantitative estimate of drug-likeness (QED) is 0.798. The van der Waals surface area contributed by atoms with Crippen molar-refractivity contribution in [2.75, 3.05) is 52.5 Å². The minimum atomic E-state index is 0.0438. The van der Waals surface area contributed by atoms with E-state index >= 15 is 0 Å². The van der Waals surface area contributed by atoms with Crippen LogP contribution in [0.15, 0.2) is 30.3 Å². The summed E-state index contributed by atoms with van der Waals surface area (Å²) in [7, 11) is 0. The number of benzene rings is 1. The molecule has 25 heavy (non-hydrogen) atoms. The molecular weight excluding hydrogens is 318 g/mol. The molecular formula is C19H29N3O3. The molecule has 2 amide bonds. The highest BCUT2D eigenvalue weighted by atomic mass is 16.5. The molecule has 0 unspecified atom stereocenters. The van der Waals surface area contributed by atoms with E-state index in [1.807, 2.05) is 35.2 Å². The number of rotatable bonds is 6. The third kappa shape index (κ3) is 5.09. The molecule has 0 aliphatic carbocycles. The van der Waals surface area contributed by atoms with E-state index in [-0.39, 0.29) is 6.03 Å². The van der Waals surface area contributed by atoms with Crippen molar-refractivity contribution in [1.29, 1.82) is 0 Å². The lowest BCUT2D eigenvalue weighted by atomic mass is 10.0. The Morgan fingerprint density at radius 1 is 1.24 bits per heavy atom. The molecule has 0 aromatic heterocycles. The number of carbonyl (C=O) groups is 1. The number of nitrogens with zero attached hydrogens (tertiary/aromatic N) is 2. The predicted molar refractivity (Wildman–Crippen MR) is 96.9 cm³/mol. The Labute approximate surface area is 150 Å². The van der Waals surface area contributed by atoms with Crippen LogP contribution >= 0.6 is 0 Å². The maximum absolute atomic E-state index is 12.4. The Bertz CT molecular complexity index is 534. The minimum absolute atomic E-state index is 0.0438. The maximum atomic E-state index is 12.4. The first-order chi connectivity index (χ1) is 12.2. The van der Waals surface area contributed by atoms with E-state index < -0.39 is 0 Å². The smallest absolute Gasteiger partial charge is 0.317 e. The van der Waals surface area contributed by atoms with Gasteiger partial charge in [0.1, 0.15) is 5.75 Å². The molecule has 1 aromatic rings. The van der Waals surface area contributed by atoms with Crippen molar-refractivity contribution in [3.8, 4) is 5.75 Å². The van der Waals surface area contributed by atoms with Gasteiger partial charge in [0.25, 0.3) is 0 Å². The number of nitrogens with one attached hydrogen (secondary N) is 1. The summed E-state index contributed by atoms with van der Waals surface area (Å²) in [6, 6.07) is 10.3. The molecule has 2 heterocycles. The summed E-state index contributed by atoms with van der Waals surface area (Å²) in [6.45, 7) is 8.68. The molecule has 1 N–H and O–H groups in total. The number of ether oxygens (including phenoxy) is 2. The monoisotopic (exact) mass is 347 g/mol. The highest BCUT2D eigenvalue weighted by Gasteiger charge is 2.36. The molecule has 2 fully saturated rings. The zero-order valence-corrected chi connectivity index (χ0v) is 15.0. The van der Waals surface area contributed by atoms with Gasteiger partial charge in [-0.15, -0.1) is 0 Å². The van der Waals surface area contributed by atoms with Crippen molar-refractivity contribution in [1.82, 2.24) is 15.1 Å². The number of carbonyl (C=O) groups excluding carboxylic acids is 1. The number of likely N-dealkylation sites (tertiary alicyclic amines) is 1. The Balaban J connectivity index is 1.34. The van der Waals surface area contributed by atoms with Gasteiger partial charge in [-0.2, -0.15) is 0 Å². The van der Waals surface area contributed by atoms with Gasteiger partial charge in [0.2, 0.25) is 0 Å². The Morgan fingerprint density at radius 2 is 2.00 bits per heavy atom. The summed E-state index contributed by atoms with van der Waals surface area (Å²) in [5.41, 5.74) is 0. The average molecular weight is 347 g/mol. The van der Waals surface area contributed by atoms with Crippen LogP contribution in [0.25, 0.3) is 0 Å². The van der Waals surface area contributed by atoms with Gasteiger partial charge in [-0.1, -0.05) is 25.1 Å². The van der Waals surface area contributed by atoms with Crippen LogP contribution in [-0.4, -0.2) is 74.4 Å². The first kappa shape index (κ1) is 18.0. The summed E-state index contributed by atoms with van der Waals surface area (Å²) >= 11 is 0. The average Bonchev–Trinajstić information content (AvgIpc) is 3.05. The molecule has 2 aliphatic rings. The number of amides is 2. The second-order valence-electron chi connectivity index (χ2n) is 6.84. The standard InChI is InChI=1S/C19H29N3O3/c1-16-14-22(15-18(16)21-9-12-24-13-10-21)19(23)20-8-5-11-25-17-6-3-2-4-7-17/h2-4,6-7,16,18H,5,8-15H2,1H3,(H,20,23)/t16-,18-/m0/s1. The summed E-state index contributed by atoms with van der Waals surface area (Å²) in [6.07, 6.45) is 0.803. The van der Waals surface area contributed by atoms with Gasteiger partial charge in [-0.3, -0.25) is 4.90 Å². The minimum Gasteiger partial charge on any atom is -0.494 e. The van der Waals surface area contributed by atoms with Crippen LogP contribution in [0.3, 0.4) is 0 Å². The summed E-state index contributed by atoms with van der Waals surface area (Å²) in [5.74, 6) is 1.38. The van der Waals surface area contributed by atoms with Gasteiger partial charge in [-0.25, -0.2) is 4.79 Å².